The van der Waals surface area contributed by atoms with Crippen LogP contribution in [0.2, 0.25) is 0 Å². The van der Waals surface area contributed by atoms with E-state index in [1.165, 1.54) is 0 Å². The second kappa shape index (κ2) is 7.01. The van der Waals surface area contributed by atoms with E-state index in [0.717, 1.165) is 0 Å². The number of nitriles is 1. The van der Waals surface area contributed by atoms with E-state index in [4.69, 9.17) is 5.26 Å². The average Bonchev–Trinajstić information content (AvgIpc) is 2.38. The van der Waals surface area contributed by atoms with E-state index < -0.39 is 0 Å². The first-order valence-electron chi connectivity index (χ1n) is 5.23. The Hall–Kier alpha value is -2.35. The molecule has 2 amide bonds. The molecule has 2 N–H and O–H groups in total. The SMILES string of the molecule is N#Cc1cccc(C(=O)NCCCNC=O)c1. The molecule has 0 fully saturated rings. The first kappa shape index (κ1) is 12.7. The van der Waals surface area contributed by atoms with Crippen molar-refractivity contribution in [3.05, 3.63) is 35.4 Å². The molecule has 88 valence electrons. The molecular weight excluding hydrogens is 218 g/mol. The molecule has 1 rings (SSSR count). The van der Waals surface area contributed by atoms with E-state index in [9.17, 15) is 9.59 Å². The Morgan fingerprint density at radius 1 is 1.41 bits per heavy atom. The first-order chi connectivity index (χ1) is 8.27. The van der Waals surface area contributed by atoms with E-state index in [1.54, 1.807) is 24.3 Å². The van der Waals surface area contributed by atoms with Gasteiger partial charge < -0.3 is 10.6 Å². The maximum atomic E-state index is 11.6. The number of carbonyl (C=O) groups excluding carboxylic acids is 2. The third kappa shape index (κ3) is 4.34. The van der Waals surface area contributed by atoms with Crippen molar-refractivity contribution >= 4 is 12.3 Å². The summed E-state index contributed by atoms with van der Waals surface area (Å²) in [6.45, 7) is 1.01. The van der Waals surface area contributed by atoms with Crippen LogP contribution in [0.1, 0.15) is 22.3 Å². The van der Waals surface area contributed by atoms with E-state index in [-0.39, 0.29) is 5.91 Å². The number of hydrogen-bond acceptors (Lipinski definition) is 3. The number of benzene rings is 1. The molecule has 0 unspecified atom stereocenters. The maximum absolute atomic E-state index is 11.6. The van der Waals surface area contributed by atoms with Crippen molar-refractivity contribution in [3.63, 3.8) is 0 Å². The molecule has 0 aliphatic carbocycles. The molecule has 0 radical (unpaired) electrons. The summed E-state index contributed by atoms with van der Waals surface area (Å²) in [5.41, 5.74) is 0.924. The quantitative estimate of drug-likeness (QED) is 0.550. The number of amides is 2. The van der Waals surface area contributed by atoms with Crippen molar-refractivity contribution in [2.24, 2.45) is 0 Å². The maximum Gasteiger partial charge on any atom is 0.251 e. The van der Waals surface area contributed by atoms with Crippen LogP contribution in [0.25, 0.3) is 0 Å². The van der Waals surface area contributed by atoms with E-state index >= 15 is 0 Å². The topological polar surface area (TPSA) is 82.0 Å². The molecule has 5 nitrogen and oxygen atoms in total. The lowest BCUT2D eigenvalue weighted by Crippen LogP contribution is -2.27. The summed E-state index contributed by atoms with van der Waals surface area (Å²) >= 11 is 0. The Balaban J connectivity index is 2.41. The highest BCUT2D eigenvalue weighted by Gasteiger charge is 2.04. The normalized spacial score (nSPS) is 9.12. The largest absolute Gasteiger partial charge is 0.359 e. The fraction of sp³-hybridized carbons (Fsp3) is 0.250. The van der Waals surface area contributed by atoms with Gasteiger partial charge in [-0.3, -0.25) is 9.59 Å². The average molecular weight is 231 g/mol. The Labute approximate surface area is 99.4 Å². The lowest BCUT2D eigenvalue weighted by atomic mass is 10.1. The van der Waals surface area contributed by atoms with Gasteiger partial charge in [0, 0.05) is 18.7 Å². The van der Waals surface area contributed by atoms with Crippen molar-refractivity contribution in [1.82, 2.24) is 10.6 Å². The highest BCUT2D eigenvalue weighted by Crippen LogP contribution is 2.03. The van der Waals surface area contributed by atoms with Gasteiger partial charge in [-0.2, -0.15) is 5.26 Å². The summed E-state index contributed by atoms with van der Waals surface area (Å²) in [5.74, 6) is -0.215. The van der Waals surface area contributed by atoms with Crippen molar-refractivity contribution in [3.8, 4) is 6.07 Å². The molecule has 0 aliphatic rings. The molecule has 1 aromatic carbocycles. The van der Waals surface area contributed by atoms with Gasteiger partial charge >= 0.3 is 0 Å². The third-order valence-electron chi connectivity index (χ3n) is 2.12. The van der Waals surface area contributed by atoms with Crippen LogP contribution in [0, 0.1) is 11.3 Å². The van der Waals surface area contributed by atoms with Crippen molar-refractivity contribution < 1.29 is 9.59 Å². The summed E-state index contributed by atoms with van der Waals surface area (Å²) in [7, 11) is 0. The van der Waals surface area contributed by atoms with Crippen LogP contribution in [-0.2, 0) is 4.79 Å². The molecule has 0 saturated carbocycles. The van der Waals surface area contributed by atoms with Crippen LogP contribution in [0.5, 0.6) is 0 Å². The minimum atomic E-state index is -0.215. The second-order valence-corrected chi connectivity index (χ2v) is 3.37. The summed E-state index contributed by atoms with van der Waals surface area (Å²) in [5, 5.41) is 13.9. The van der Waals surface area contributed by atoms with Crippen molar-refractivity contribution in [1.29, 1.82) is 5.26 Å². The Morgan fingerprint density at radius 3 is 2.94 bits per heavy atom. The molecule has 0 saturated heterocycles. The van der Waals surface area contributed by atoms with Crippen LogP contribution in [-0.4, -0.2) is 25.4 Å². The predicted molar refractivity (Wildman–Crippen MR) is 62.2 cm³/mol. The highest BCUT2D eigenvalue weighted by atomic mass is 16.1. The van der Waals surface area contributed by atoms with Crippen LogP contribution in [0.3, 0.4) is 0 Å². The summed E-state index contributed by atoms with van der Waals surface area (Å²) in [6, 6.07) is 8.48. The summed E-state index contributed by atoms with van der Waals surface area (Å²) in [4.78, 5) is 21.6. The van der Waals surface area contributed by atoms with Crippen LogP contribution in [0.4, 0.5) is 0 Å². The Morgan fingerprint density at radius 2 is 2.24 bits per heavy atom. The molecule has 0 aliphatic heterocycles. The van der Waals surface area contributed by atoms with Crippen molar-refractivity contribution in [2.75, 3.05) is 13.1 Å². The predicted octanol–water partition coefficient (Wildman–Crippen LogP) is 0.424. The zero-order valence-corrected chi connectivity index (χ0v) is 9.27. The zero-order chi connectivity index (χ0) is 12.5. The minimum absolute atomic E-state index is 0.215. The van der Waals surface area contributed by atoms with Gasteiger partial charge in [-0.25, -0.2) is 0 Å². The molecule has 1 aromatic rings. The molecular formula is C12H13N3O2. The van der Waals surface area contributed by atoms with Crippen LogP contribution < -0.4 is 10.6 Å². The van der Waals surface area contributed by atoms with Crippen molar-refractivity contribution in [2.45, 2.75) is 6.42 Å². The van der Waals surface area contributed by atoms with Crippen LogP contribution >= 0.6 is 0 Å². The van der Waals surface area contributed by atoms with Gasteiger partial charge in [0.1, 0.15) is 0 Å². The van der Waals surface area contributed by atoms with Gasteiger partial charge in [0.05, 0.1) is 11.6 Å². The number of nitrogens with zero attached hydrogens (tertiary/aromatic N) is 1. The second-order valence-electron chi connectivity index (χ2n) is 3.37. The monoisotopic (exact) mass is 231 g/mol. The number of hydrogen-bond donors (Lipinski definition) is 2. The van der Waals surface area contributed by atoms with E-state index in [2.05, 4.69) is 10.6 Å². The summed E-state index contributed by atoms with van der Waals surface area (Å²) < 4.78 is 0. The third-order valence-corrected chi connectivity index (χ3v) is 2.12. The minimum Gasteiger partial charge on any atom is -0.359 e. The van der Waals surface area contributed by atoms with Gasteiger partial charge in [0.25, 0.3) is 5.91 Å². The molecule has 0 aromatic heterocycles. The van der Waals surface area contributed by atoms with Gasteiger partial charge in [0.2, 0.25) is 6.41 Å². The lowest BCUT2D eigenvalue weighted by molar-refractivity contribution is -0.109. The fourth-order valence-electron chi connectivity index (χ4n) is 1.28. The van der Waals surface area contributed by atoms with E-state index in [0.29, 0.717) is 37.0 Å². The summed E-state index contributed by atoms with van der Waals surface area (Å²) in [6.07, 6.45) is 1.29. The fourth-order valence-corrected chi connectivity index (χ4v) is 1.28. The molecule has 0 bridgehead atoms. The van der Waals surface area contributed by atoms with Gasteiger partial charge in [-0.15, -0.1) is 0 Å². The molecule has 0 spiro atoms. The highest BCUT2D eigenvalue weighted by molar-refractivity contribution is 5.94. The Bertz CT molecular complexity index is 438. The standard InChI is InChI=1S/C12H13N3O2/c13-8-10-3-1-4-11(7-10)12(17)15-6-2-5-14-9-16/h1,3-4,7,9H,2,5-6H2,(H,14,16)(H,15,17). The lowest BCUT2D eigenvalue weighted by Gasteiger charge is -2.04. The molecule has 17 heavy (non-hydrogen) atoms. The van der Waals surface area contributed by atoms with Crippen LogP contribution in [0.15, 0.2) is 24.3 Å². The first-order valence-corrected chi connectivity index (χ1v) is 5.23. The smallest absolute Gasteiger partial charge is 0.251 e. The Kier molecular flexibility index (Phi) is 5.25. The number of rotatable bonds is 6. The molecule has 0 heterocycles. The van der Waals surface area contributed by atoms with Gasteiger partial charge in [-0.05, 0) is 24.6 Å². The zero-order valence-electron chi connectivity index (χ0n) is 9.27. The van der Waals surface area contributed by atoms with Gasteiger partial charge in [0.15, 0.2) is 0 Å². The number of nitrogens with one attached hydrogen (secondary N) is 2. The van der Waals surface area contributed by atoms with E-state index in [1.807, 2.05) is 6.07 Å². The van der Waals surface area contributed by atoms with Gasteiger partial charge in [-0.1, -0.05) is 6.07 Å². The number of carbonyl (C=O) groups is 2. The molecule has 0 atom stereocenters. The molecule has 5 heteroatoms.